The van der Waals surface area contributed by atoms with Crippen LogP contribution in [0.4, 0.5) is 4.79 Å². The fourth-order valence-corrected chi connectivity index (χ4v) is 3.17. The molecule has 5 nitrogen and oxygen atoms in total. The van der Waals surface area contributed by atoms with Crippen molar-refractivity contribution in [2.24, 2.45) is 0 Å². The lowest BCUT2D eigenvalue weighted by Gasteiger charge is -2.36. The van der Waals surface area contributed by atoms with E-state index < -0.39 is 0 Å². The molecule has 1 N–H and O–H groups in total. The van der Waals surface area contributed by atoms with Gasteiger partial charge in [0.25, 0.3) is 0 Å². The fraction of sp³-hybridized carbons (Fsp3) is 0.588. The molecular weight excluding hydrogens is 280 g/mol. The number of amides is 1. The first-order valence-electron chi connectivity index (χ1n) is 7.93. The molecular formula is C17H26N2O3. The van der Waals surface area contributed by atoms with Crippen LogP contribution >= 0.6 is 0 Å². The Bertz CT molecular complexity index is 531. The molecule has 0 saturated heterocycles. The molecule has 0 aliphatic carbocycles. The van der Waals surface area contributed by atoms with Crippen LogP contribution < -0.4 is 10.1 Å². The highest BCUT2D eigenvalue weighted by molar-refractivity contribution is 5.69. The van der Waals surface area contributed by atoms with E-state index in [0.717, 1.165) is 30.7 Å². The largest absolute Gasteiger partial charge is 0.496 e. The summed E-state index contributed by atoms with van der Waals surface area (Å²) in [6.45, 7) is 5.82. The maximum Gasteiger partial charge on any atom is 0.410 e. The smallest absolute Gasteiger partial charge is 0.410 e. The Morgan fingerprint density at radius 3 is 2.77 bits per heavy atom. The predicted octanol–water partition coefficient (Wildman–Crippen LogP) is 2.88. The molecule has 0 bridgehead atoms. The standard InChI is InChI=1S/C17H26N2O3/c1-5-15-14-10-16(21-4)13(11-18-3)9-12(14)7-8-19(15)17(20)22-6-2/h9-10,15,18H,5-8,11H2,1-4H3. The summed E-state index contributed by atoms with van der Waals surface area (Å²) in [5.41, 5.74) is 3.64. The Morgan fingerprint density at radius 1 is 1.41 bits per heavy atom. The number of nitrogens with zero attached hydrogens (tertiary/aromatic N) is 1. The van der Waals surface area contributed by atoms with Crippen molar-refractivity contribution in [2.75, 3.05) is 27.3 Å². The van der Waals surface area contributed by atoms with E-state index >= 15 is 0 Å². The molecule has 1 aliphatic heterocycles. The quantitative estimate of drug-likeness (QED) is 0.909. The Kier molecular flexibility index (Phi) is 5.66. The van der Waals surface area contributed by atoms with Crippen LogP contribution in [0.25, 0.3) is 0 Å². The van der Waals surface area contributed by atoms with Crippen LogP contribution in [0, 0.1) is 0 Å². The molecule has 1 amide bonds. The van der Waals surface area contributed by atoms with E-state index in [1.54, 1.807) is 7.11 Å². The van der Waals surface area contributed by atoms with E-state index in [1.807, 2.05) is 18.9 Å². The van der Waals surface area contributed by atoms with Gasteiger partial charge in [-0.15, -0.1) is 0 Å². The van der Waals surface area contributed by atoms with E-state index in [1.165, 1.54) is 11.1 Å². The molecule has 1 atom stereocenters. The number of ether oxygens (including phenoxy) is 2. The van der Waals surface area contributed by atoms with Crippen molar-refractivity contribution in [1.82, 2.24) is 10.2 Å². The van der Waals surface area contributed by atoms with Crippen molar-refractivity contribution >= 4 is 6.09 Å². The molecule has 122 valence electrons. The van der Waals surface area contributed by atoms with Crippen LogP contribution in [0.15, 0.2) is 12.1 Å². The molecule has 0 saturated carbocycles. The third kappa shape index (κ3) is 3.19. The number of carbonyl (C=O) groups excluding carboxylic acids is 1. The Labute approximate surface area is 132 Å². The summed E-state index contributed by atoms with van der Waals surface area (Å²) in [5.74, 6) is 0.872. The van der Waals surface area contributed by atoms with Gasteiger partial charge in [0.15, 0.2) is 0 Å². The fourth-order valence-electron chi connectivity index (χ4n) is 3.17. The second kappa shape index (κ2) is 7.49. The number of hydrogen-bond donors (Lipinski definition) is 1. The van der Waals surface area contributed by atoms with Crippen LogP contribution in [0.2, 0.25) is 0 Å². The summed E-state index contributed by atoms with van der Waals surface area (Å²) in [6.07, 6.45) is 1.49. The summed E-state index contributed by atoms with van der Waals surface area (Å²) in [5, 5.41) is 3.17. The van der Waals surface area contributed by atoms with Crippen LogP contribution in [-0.4, -0.2) is 38.3 Å². The molecule has 1 aromatic carbocycles. The predicted molar refractivity (Wildman–Crippen MR) is 86.2 cm³/mol. The van der Waals surface area contributed by atoms with Crippen molar-refractivity contribution < 1.29 is 14.3 Å². The Morgan fingerprint density at radius 2 is 2.18 bits per heavy atom. The van der Waals surface area contributed by atoms with Gasteiger partial charge in [-0.3, -0.25) is 0 Å². The van der Waals surface area contributed by atoms with E-state index in [-0.39, 0.29) is 12.1 Å². The molecule has 1 heterocycles. The van der Waals surface area contributed by atoms with Crippen molar-refractivity contribution in [3.8, 4) is 5.75 Å². The summed E-state index contributed by atoms with van der Waals surface area (Å²) in [4.78, 5) is 14.0. The SMILES string of the molecule is CCOC(=O)N1CCc2cc(CNC)c(OC)cc2C1CC. The summed E-state index contributed by atoms with van der Waals surface area (Å²) in [7, 11) is 3.62. The minimum absolute atomic E-state index is 0.0559. The maximum atomic E-state index is 12.2. The van der Waals surface area contributed by atoms with Crippen molar-refractivity contribution in [1.29, 1.82) is 0 Å². The molecule has 22 heavy (non-hydrogen) atoms. The number of nitrogens with one attached hydrogen (secondary N) is 1. The first-order valence-corrected chi connectivity index (χ1v) is 7.93. The molecule has 0 spiro atoms. The van der Waals surface area contributed by atoms with E-state index in [4.69, 9.17) is 9.47 Å². The number of methoxy groups -OCH3 is 1. The number of fused-ring (bicyclic) bond motifs is 1. The van der Waals surface area contributed by atoms with Gasteiger partial charge in [-0.25, -0.2) is 4.79 Å². The first kappa shape index (κ1) is 16.6. The molecule has 5 heteroatoms. The zero-order valence-corrected chi connectivity index (χ0v) is 13.9. The van der Waals surface area contributed by atoms with Gasteiger partial charge in [0.1, 0.15) is 5.75 Å². The molecule has 1 aliphatic rings. The Hall–Kier alpha value is -1.75. The van der Waals surface area contributed by atoms with Gasteiger partial charge in [0.05, 0.1) is 19.8 Å². The number of rotatable bonds is 5. The second-order valence-electron chi connectivity index (χ2n) is 5.46. The maximum absolute atomic E-state index is 12.2. The lowest BCUT2D eigenvalue weighted by atomic mass is 9.89. The van der Waals surface area contributed by atoms with Gasteiger partial charge in [-0.05, 0) is 44.0 Å². The number of carbonyl (C=O) groups is 1. The molecule has 1 aromatic rings. The van der Waals surface area contributed by atoms with Crippen molar-refractivity contribution in [3.63, 3.8) is 0 Å². The van der Waals surface area contributed by atoms with Gasteiger partial charge in [-0.2, -0.15) is 0 Å². The summed E-state index contributed by atoms with van der Waals surface area (Å²) < 4.78 is 10.7. The third-order valence-corrected chi connectivity index (χ3v) is 4.16. The van der Waals surface area contributed by atoms with E-state index in [9.17, 15) is 4.79 Å². The topological polar surface area (TPSA) is 50.8 Å². The van der Waals surface area contributed by atoms with Gasteiger partial charge in [-0.1, -0.05) is 13.0 Å². The number of benzene rings is 1. The number of hydrogen-bond acceptors (Lipinski definition) is 4. The minimum atomic E-state index is -0.224. The van der Waals surface area contributed by atoms with E-state index in [0.29, 0.717) is 13.2 Å². The molecule has 0 aromatic heterocycles. The van der Waals surface area contributed by atoms with Crippen LogP contribution in [0.1, 0.15) is 43.0 Å². The molecule has 2 rings (SSSR count). The van der Waals surface area contributed by atoms with Crippen LogP contribution in [0.5, 0.6) is 5.75 Å². The highest BCUT2D eigenvalue weighted by Gasteiger charge is 2.31. The summed E-state index contributed by atoms with van der Waals surface area (Å²) in [6, 6.07) is 4.34. The van der Waals surface area contributed by atoms with Gasteiger partial charge in [0, 0.05) is 18.7 Å². The highest BCUT2D eigenvalue weighted by Crippen LogP contribution is 2.36. The molecule has 0 fully saturated rings. The summed E-state index contributed by atoms with van der Waals surface area (Å²) >= 11 is 0. The third-order valence-electron chi connectivity index (χ3n) is 4.16. The van der Waals surface area contributed by atoms with Crippen molar-refractivity contribution in [3.05, 3.63) is 28.8 Å². The van der Waals surface area contributed by atoms with Gasteiger partial charge in [0.2, 0.25) is 0 Å². The van der Waals surface area contributed by atoms with Gasteiger partial charge < -0.3 is 19.7 Å². The second-order valence-corrected chi connectivity index (χ2v) is 5.46. The highest BCUT2D eigenvalue weighted by atomic mass is 16.6. The van der Waals surface area contributed by atoms with Crippen LogP contribution in [0.3, 0.4) is 0 Å². The minimum Gasteiger partial charge on any atom is -0.496 e. The van der Waals surface area contributed by atoms with Crippen molar-refractivity contribution in [2.45, 2.75) is 39.3 Å². The molecule has 0 radical (unpaired) electrons. The van der Waals surface area contributed by atoms with Crippen LogP contribution in [-0.2, 0) is 17.7 Å². The Balaban J connectivity index is 2.38. The lowest BCUT2D eigenvalue weighted by molar-refractivity contribution is 0.0854. The molecule has 1 unspecified atom stereocenters. The monoisotopic (exact) mass is 306 g/mol. The zero-order chi connectivity index (χ0) is 16.1. The normalized spacial score (nSPS) is 17.1. The average molecular weight is 306 g/mol. The van der Waals surface area contributed by atoms with Gasteiger partial charge >= 0.3 is 6.09 Å². The lowest BCUT2D eigenvalue weighted by Crippen LogP contribution is -2.40. The zero-order valence-electron chi connectivity index (χ0n) is 13.9. The van der Waals surface area contributed by atoms with E-state index in [2.05, 4.69) is 24.4 Å². The first-order chi connectivity index (χ1) is 10.7. The average Bonchev–Trinajstić information content (AvgIpc) is 2.53.